The van der Waals surface area contributed by atoms with Crippen LogP contribution in [0.4, 0.5) is 0 Å². The van der Waals surface area contributed by atoms with E-state index in [0.29, 0.717) is 0 Å². The minimum absolute atomic E-state index is 0.494. The molecule has 0 aromatic heterocycles. The Hall–Kier alpha value is -3.19. The zero-order valence-electron chi connectivity index (χ0n) is 21.8. The van der Waals surface area contributed by atoms with E-state index in [0.717, 1.165) is 6.92 Å². The Morgan fingerprint density at radius 3 is 1.75 bits per heavy atom. The zero-order chi connectivity index (χ0) is 31.4. The fraction of sp³-hybridized carbons (Fsp3) is 0.700. The molecule has 0 saturated heterocycles. The molecule has 0 spiro atoms. The molecule has 230 valence electrons. The number of aliphatic hydroxyl groups excluding tert-OH is 2. The maximum atomic E-state index is 12.9. The number of amides is 4. The Bertz CT molecular complexity index is 971. The number of hydrogen-bond acceptors (Lipinski definition) is 11. The molecular weight excluding hydrogens is 565 g/mol. The van der Waals surface area contributed by atoms with Crippen LogP contribution in [-0.2, 0) is 37.9 Å². The summed E-state index contributed by atoms with van der Waals surface area (Å²) in [5, 5.41) is 45.6. The third-order valence-electron chi connectivity index (χ3n) is 5.15. The molecule has 0 aliphatic carbocycles. The molecule has 0 aromatic rings. The molecule has 0 aliphatic heterocycles. The van der Waals surface area contributed by atoms with Gasteiger partial charge in [0.05, 0.1) is 19.3 Å². The SMILES string of the molecule is CC(C)[C@H](NC(=O)[C@H](COP(=O)(O)O)NC(=O)[C@@H](NC(=O)[C@H](CCC(=O)O)NC(=O)[C@@H](N)CO)[C@@H](C)O)C(=O)O. The highest BCUT2D eigenvalue weighted by atomic mass is 31.2. The van der Waals surface area contributed by atoms with Crippen LogP contribution in [0, 0.1) is 5.92 Å². The van der Waals surface area contributed by atoms with E-state index in [1.807, 2.05) is 5.32 Å². The van der Waals surface area contributed by atoms with E-state index in [-0.39, 0.29) is 0 Å². The summed E-state index contributed by atoms with van der Waals surface area (Å²) in [7, 11) is -5.18. The first-order valence-electron chi connectivity index (χ1n) is 11.7. The third-order valence-corrected chi connectivity index (χ3v) is 5.63. The number of phosphoric ester groups is 1. The first kappa shape index (κ1) is 36.8. The van der Waals surface area contributed by atoms with Crippen LogP contribution in [0.2, 0.25) is 0 Å². The highest BCUT2D eigenvalue weighted by Gasteiger charge is 2.35. The highest BCUT2D eigenvalue weighted by molar-refractivity contribution is 7.46. The second-order valence-electron chi connectivity index (χ2n) is 8.93. The molecule has 0 bridgehead atoms. The van der Waals surface area contributed by atoms with E-state index in [2.05, 4.69) is 20.5 Å². The maximum Gasteiger partial charge on any atom is 0.469 e. The lowest BCUT2D eigenvalue weighted by molar-refractivity contribution is -0.144. The predicted octanol–water partition coefficient (Wildman–Crippen LogP) is -4.66. The van der Waals surface area contributed by atoms with E-state index in [4.69, 9.17) is 25.7 Å². The topological polar surface area (TPSA) is 324 Å². The lowest BCUT2D eigenvalue weighted by Gasteiger charge is -2.27. The number of carboxylic acids is 2. The van der Waals surface area contributed by atoms with Crippen LogP contribution in [0.5, 0.6) is 0 Å². The van der Waals surface area contributed by atoms with Crippen molar-refractivity contribution in [3.05, 3.63) is 0 Å². The molecule has 0 heterocycles. The zero-order valence-corrected chi connectivity index (χ0v) is 22.7. The maximum absolute atomic E-state index is 12.9. The Balaban J connectivity index is 5.92. The van der Waals surface area contributed by atoms with Crippen molar-refractivity contribution < 1.29 is 68.1 Å². The first-order chi connectivity index (χ1) is 18.3. The summed E-state index contributed by atoms with van der Waals surface area (Å²) >= 11 is 0. The first-order valence-corrected chi connectivity index (χ1v) is 13.2. The molecule has 0 unspecified atom stereocenters. The molecule has 0 aliphatic rings. The van der Waals surface area contributed by atoms with Crippen molar-refractivity contribution in [3.8, 4) is 0 Å². The number of rotatable bonds is 18. The summed E-state index contributed by atoms with van der Waals surface area (Å²) in [6.45, 7) is 1.98. The van der Waals surface area contributed by atoms with Crippen molar-refractivity contribution in [1.29, 1.82) is 0 Å². The highest BCUT2D eigenvalue weighted by Crippen LogP contribution is 2.35. The summed E-state index contributed by atoms with van der Waals surface area (Å²) < 4.78 is 15.4. The molecular formula is C20H36N5O14P. The van der Waals surface area contributed by atoms with Crippen molar-refractivity contribution in [1.82, 2.24) is 21.3 Å². The van der Waals surface area contributed by atoms with Crippen LogP contribution in [0.15, 0.2) is 0 Å². The molecule has 20 heteroatoms. The lowest BCUT2D eigenvalue weighted by Crippen LogP contribution is -2.61. The van der Waals surface area contributed by atoms with E-state index in [9.17, 15) is 43.5 Å². The van der Waals surface area contributed by atoms with Gasteiger partial charge in [0, 0.05) is 6.42 Å². The number of carbonyl (C=O) groups excluding carboxylic acids is 4. The van der Waals surface area contributed by atoms with E-state index in [1.54, 1.807) is 0 Å². The van der Waals surface area contributed by atoms with E-state index in [1.165, 1.54) is 13.8 Å². The van der Waals surface area contributed by atoms with Crippen LogP contribution in [0.25, 0.3) is 0 Å². The van der Waals surface area contributed by atoms with Gasteiger partial charge < -0.3 is 57.2 Å². The van der Waals surface area contributed by atoms with Crippen molar-refractivity contribution in [2.45, 2.75) is 69.9 Å². The number of nitrogens with two attached hydrogens (primary N) is 1. The Kier molecular flexibility index (Phi) is 15.5. The van der Waals surface area contributed by atoms with Crippen LogP contribution < -0.4 is 27.0 Å². The largest absolute Gasteiger partial charge is 0.481 e. The second-order valence-corrected chi connectivity index (χ2v) is 10.2. The fourth-order valence-corrected chi connectivity index (χ4v) is 3.28. The van der Waals surface area contributed by atoms with Gasteiger partial charge in [0.2, 0.25) is 23.6 Å². The average molecular weight is 602 g/mol. The van der Waals surface area contributed by atoms with Crippen molar-refractivity contribution in [2.24, 2.45) is 11.7 Å². The summed E-state index contributed by atoms with van der Waals surface area (Å²) in [6.07, 6.45) is -2.80. The Labute approximate surface area is 228 Å². The van der Waals surface area contributed by atoms with Gasteiger partial charge in [-0.3, -0.25) is 28.5 Å². The number of aliphatic hydroxyl groups is 2. The molecule has 12 N–H and O–H groups in total. The average Bonchev–Trinajstić information content (AvgIpc) is 2.83. The van der Waals surface area contributed by atoms with Crippen LogP contribution in [-0.4, -0.2) is 115 Å². The molecule has 19 nitrogen and oxygen atoms in total. The Morgan fingerprint density at radius 1 is 0.825 bits per heavy atom. The summed E-state index contributed by atoms with van der Waals surface area (Å²) in [4.78, 5) is 90.8. The number of nitrogens with one attached hydrogen (secondary N) is 4. The quantitative estimate of drug-likeness (QED) is 0.0658. The van der Waals surface area contributed by atoms with Crippen LogP contribution in [0.1, 0.15) is 33.6 Å². The fourth-order valence-electron chi connectivity index (χ4n) is 2.94. The molecule has 6 atom stereocenters. The number of hydrogen-bond donors (Lipinski definition) is 11. The minimum Gasteiger partial charge on any atom is -0.481 e. The lowest BCUT2D eigenvalue weighted by atomic mass is 10.0. The van der Waals surface area contributed by atoms with Gasteiger partial charge in [0.25, 0.3) is 0 Å². The van der Waals surface area contributed by atoms with Gasteiger partial charge >= 0.3 is 19.8 Å². The Morgan fingerprint density at radius 2 is 1.32 bits per heavy atom. The molecule has 4 amide bonds. The molecule has 0 radical (unpaired) electrons. The molecule has 0 fully saturated rings. The minimum atomic E-state index is -5.18. The molecule has 0 saturated carbocycles. The third kappa shape index (κ3) is 13.7. The van der Waals surface area contributed by atoms with Gasteiger partial charge in [-0.1, -0.05) is 13.8 Å². The van der Waals surface area contributed by atoms with E-state index < -0.39 is 112 Å². The van der Waals surface area contributed by atoms with E-state index >= 15 is 0 Å². The monoisotopic (exact) mass is 601 g/mol. The van der Waals surface area contributed by atoms with Gasteiger partial charge in [-0.25, -0.2) is 9.36 Å². The van der Waals surface area contributed by atoms with Crippen LogP contribution in [0.3, 0.4) is 0 Å². The summed E-state index contributed by atoms with van der Waals surface area (Å²) in [5.74, 6) is -8.18. The van der Waals surface area contributed by atoms with Gasteiger partial charge in [0.1, 0.15) is 30.2 Å². The second kappa shape index (κ2) is 16.8. The number of carbonyl (C=O) groups is 6. The van der Waals surface area contributed by atoms with Gasteiger partial charge in [0.15, 0.2) is 0 Å². The predicted molar refractivity (Wildman–Crippen MR) is 132 cm³/mol. The molecule has 40 heavy (non-hydrogen) atoms. The molecule has 0 rings (SSSR count). The smallest absolute Gasteiger partial charge is 0.469 e. The van der Waals surface area contributed by atoms with Crippen LogP contribution >= 0.6 is 7.82 Å². The van der Waals surface area contributed by atoms with Crippen molar-refractivity contribution in [3.63, 3.8) is 0 Å². The normalized spacial score (nSPS) is 16.0. The summed E-state index contributed by atoms with van der Waals surface area (Å²) in [5.41, 5.74) is 5.38. The summed E-state index contributed by atoms with van der Waals surface area (Å²) in [6, 6.07) is -8.35. The van der Waals surface area contributed by atoms with Gasteiger partial charge in [-0.2, -0.15) is 0 Å². The number of phosphoric acid groups is 1. The van der Waals surface area contributed by atoms with Gasteiger partial charge in [-0.05, 0) is 19.3 Å². The van der Waals surface area contributed by atoms with Crippen molar-refractivity contribution >= 4 is 43.4 Å². The number of carboxylic acid groups (broad SMARTS) is 2. The van der Waals surface area contributed by atoms with Crippen molar-refractivity contribution in [2.75, 3.05) is 13.2 Å². The number of aliphatic carboxylic acids is 2. The standard InChI is InChI=1S/C20H36N5O14P/c1-8(2)14(20(34)35)24-18(32)12(7-39-40(36,37)38)23-19(33)15(9(3)27)25-17(31)11(4-5-13(28)29)22-16(30)10(21)6-26/h8-12,14-15,26-27H,4-7,21H2,1-3H3,(H,22,30)(H,23,33)(H,24,32)(H,25,31)(H,28,29)(H,34,35)(H2,36,37,38)/t9-,10+,11+,12+,14+,15+/m1/s1. The van der Waals surface area contributed by atoms with Gasteiger partial charge in [-0.15, -0.1) is 0 Å². The molecule has 0 aromatic carbocycles.